The van der Waals surface area contributed by atoms with Crippen molar-refractivity contribution < 1.29 is 9.32 Å². The Morgan fingerprint density at radius 3 is 2.96 bits per heavy atom. The number of nitrogens with zero attached hydrogens (tertiary/aromatic N) is 2. The Morgan fingerprint density at radius 1 is 1.29 bits per heavy atom. The van der Waals surface area contributed by atoms with E-state index in [-0.39, 0.29) is 17.7 Å². The number of hydrogen-bond acceptors (Lipinski definition) is 4. The first-order valence-corrected chi connectivity index (χ1v) is 9.05. The third kappa shape index (κ3) is 3.46. The van der Waals surface area contributed by atoms with Gasteiger partial charge in [0.1, 0.15) is 11.8 Å². The van der Waals surface area contributed by atoms with Crippen molar-refractivity contribution in [2.45, 2.75) is 26.4 Å². The van der Waals surface area contributed by atoms with Gasteiger partial charge in [0, 0.05) is 41.9 Å². The predicted molar refractivity (Wildman–Crippen MR) is 105 cm³/mol. The van der Waals surface area contributed by atoms with Crippen molar-refractivity contribution in [1.82, 2.24) is 20.0 Å². The van der Waals surface area contributed by atoms with Gasteiger partial charge in [-0.2, -0.15) is 0 Å². The molecule has 0 unspecified atom stereocenters. The molecule has 0 bridgehead atoms. The second kappa shape index (κ2) is 7.56. The van der Waals surface area contributed by atoms with Gasteiger partial charge >= 0.3 is 0 Å². The van der Waals surface area contributed by atoms with Crippen molar-refractivity contribution in [2.24, 2.45) is 0 Å². The molecule has 4 rings (SSSR count). The molecule has 0 spiro atoms. The number of aromatic nitrogens is 3. The summed E-state index contributed by atoms with van der Waals surface area (Å²) in [5.41, 5.74) is 3.47. The molecular formula is C21H20N4O3. The van der Waals surface area contributed by atoms with Crippen LogP contribution in [0, 0.1) is 6.92 Å². The highest BCUT2D eigenvalue weighted by Gasteiger charge is 2.16. The molecule has 1 aromatic carbocycles. The molecule has 0 radical (unpaired) electrons. The first kappa shape index (κ1) is 17.8. The number of amides is 1. The zero-order valence-electron chi connectivity index (χ0n) is 15.4. The summed E-state index contributed by atoms with van der Waals surface area (Å²) in [6.07, 6.45) is 7.38. The molecule has 4 aromatic rings. The lowest BCUT2D eigenvalue weighted by Crippen LogP contribution is -2.34. The number of para-hydroxylation sites is 1. The maximum Gasteiger partial charge on any atom is 0.263 e. The SMILES string of the molecule is Cc1ccn(CCc2c[nH]c3ccccc23)c(=O)c1C(=O)NCc1cnoc1. The molecule has 7 nitrogen and oxygen atoms in total. The topological polar surface area (TPSA) is 92.9 Å². The van der Waals surface area contributed by atoms with Crippen LogP contribution in [0.15, 0.2) is 64.5 Å². The average molecular weight is 376 g/mol. The van der Waals surface area contributed by atoms with E-state index in [0.29, 0.717) is 18.5 Å². The summed E-state index contributed by atoms with van der Waals surface area (Å²) in [7, 11) is 0. The van der Waals surface area contributed by atoms with Crippen molar-refractivity contribution in [3.63, 3.8) is 0 Å². The fourth-order valence-corrected chi connectivity index (χ4v) is 3.28. The van der Waals surface area contributed by atoms with E-state index < -0.39 is 5.91 Å². The Hall–Kier alpha value is -3.61. The van der Waals surface area contributed by atoms with Crippen LogP contribution in [0.1, 0.15) is 27.0 Å². The van der Waals surface area contributed by atoms with Gasteiger partial charge in [-0.1, -0.05) is 23.4 Å². The number of fused-ring (bicyclic) bond motifs is 1. The molecular weight excluding hydrogens is 356 g/mol. The van der Waals surface area contributed by atoms with Gasteiger partial charge in [0.25, 0.3) is 11.5 Å². The lowest BCUT2D eigenvalue weighted by molar-refractivity contribution is 0.0948. The van der Waals surface area contributed by atoms with Crippen molar-refractivity contribution in [3.8, 4) is 0 Å². The molecule has 0 saturated heterocycles. The van der Waals surface area contributed by atoms with E-state index in [2.05, 4.69) is 21.5 Å². The van der Waals surface area contributed by atoms with E-state index in [4.69, 9.17) is 4.52 Å². The van der Waals surface area contributed by atoms with Gasteiger partial charge < -0.3 is 19.4 Å². The number of pyridine rings is 1. The molecule has 0 aliphatic heterocycles. The maximum absolute atomic E-state index is 12.9. The summed E-state index contributed by atoms with van der Waals surface area (Å²) in [5.74, 6) is -0.398. The quantitative estimate of drug-likeness (QED) is 0.541. The minimum Gasteiger partial charge on any atom is -0.364 e. The fraction of sp³-hybridized carbons (Fsp3) is 0.190. The van der Waals surface area contributed by atoms with Crippen molar-refractivity contribution >= 4 is 16.8 Å². The molecule has 142 valence electrons. The highest BCUT2D eigenvalue weighted by molar-refractivity contribution is 5.95. The summed E-state index contributed by atoms with van der Waals surface area (Å²) in [4.78, 5) is 28.7. The molecule has 0 saturated carbocycles. The first-order valence-electron chi connectivity index (χ1n) is 9.05. The molecule has 2 N–H and O–H groups in total. The second-order valence-corrected chi connectivity index (χ2v) is 6.70. The van der Waals surface area contributed by atoms with Crippen LogP contribution in [0.2, 0.25) is 0 Å². The second-order valence-electron chi connectivity index (χ2n) is 6.70. The first-order chi connectivity index (χ1) is 13.6. The van der Waals surface area contributed by atoms with Gasteiger partial charge in [0.15, 0.2) is 0 Å². The Kier molecular flexibility index (Phi) is 4.80. The fourth-order valence-electron chi connectivity index (χ4n) is 3.28. The number of rotatable bonds is 6. The van der Waals surface area contributed by atoms with E-state index in [1.54, 1.807) is 23.8 Å². The lowest BCUT2D eigenvalue weighted by Gasteiger charge is -2.11. The summed E-state index contributed by atoms with van der Waals surface area (Å²) in [6.45, 7) is 2.51. The van der Waals surface area contributed by atoms with Gasteiger partial charge in [-0.05, 0) is 36.6 Å². The van der Waals surface area contributed by atoms with Gasteiger partial charge in [-0.15, -0.1) is 0 Å². The number of carbonyl (C=O) groups is 1. The Bertz CT molecular complexity index is 1170. The number of aryl methyl sites for hydroxylation is 3. The van der Waals surface area contributed by atoms with Gasteiger partial charge in [-0.3, -0.25) is 9.59 Å². The number of carbonyl (C=O) groups excluding carboxylic acids is 1. The van der Waals surface area contributed by atoms with Crippen LogP contribution in [0.25, 0.3) is 10.9 Å². The minimum absolute atomic E-state index is 0.165. The number of hydrogen-bond donors (Lipinski definition) is 2. The van der Waals surface area contributed by atoms with E-state index in [9.17, 15) is 9.59 Å². The number of benzene rings is 1. The molecule has 28 heavy (non-hydrogen) atoms. The van der Waals surface area contributed by atoms with Crippen molar-refractivity contribution in [2.75, 3.05) is 0 Å². The Balaban J connectivity index is 1.52. The van der Waals surface area contributed by atoms with E-state index in [0.717, 1.165) is 22.0 Å². The highest BCUT2D eigenvalue weighted by atomic mass is 16.5. The normalized spacial score (nSPS) is 11.0. The largest absolute Gasteiger partial charge is 0.364 e. The van der Waals surface area contributed by atoms with Crippen LogP contribution in [0.5, 0.6) is 0 Å². The molecule has 3 aromatic heterocycles. The zero-order chi connectivity index (χ0) is 19.5. The van der Waals surface area contributed by atoms with Gasteiger partial charge in [0.2, 0.25) is 0 Å². The van der Waals surface area contributed by atoms with Crippen LogP contribution >= 0.6 is 0 Å². The smallest absolute Gasteiger partial charge is 0.263 e. The standard InChI is InChI=1S/C21H20N4O3/c1-14-6-8-25(9-7-16-12-22-18-5-3-2-4-17(16)18)21(27)19(14)20(26)23-10-15-11-24-28-13-15/h2-6,8,11-13,22H,7,9-10H2,1H3,(H,23,26). The maximum atomic E-state index is 12.9. The number of nitrogens with one attached hydrogen (secondary N) is 2. The molecule has 0 aliphatic rings. The zero-order valence-corrected chi connectivity index (χ0v) is 15.4. The van der Waals surface area contributed by atoms with Crippen LogP contribution in [-0.4, -0.2) is 20.6 Å². The molecule has 0 atom stereocenters. The van der Waals surface area contributed by atoms with E-state index >= 15 is 0 Å². The minimum atomic E-state index is -0.398. The summed E-state index contributed by atoms with van der Waals surface area (Å²) in [5, 5.41) is 7.49. The predicted octanol–water partition coefficient (Wildman–Crippen LogP) is 2.80. The monoisotopic (exact) mass is 376 g/mol. The summed E-state index contributed by atoms with van der Waals surface area (Å²) < 4.78 is 6.33. The number of aromatic amines is 1. The van der Waals surface area contributed by atoms with Crippen LogP contribution in [0.3, 0.4) is 0 Å². The third-order valence-electron chi connectivity index (χ3n) is 4.83. The third-order valence-corrected chi connectivity index (χ3v) is 4.83. The molecule has 7 heteroatoms. The van der Waals surface area contributed by atoms with E-state index in [1.807, 2.05) is 24.4 Å². The molecule has 1 amide bonds. The summed E-state index contributed by atoms with van der Waals surface area (Å²) in [6, 6.07) is 9.86. The average Bonchev–Trinajstić information content (AvgIpc) is 3.36. The van der Waals surface area contributed by atoms with Gasteiger partial charge in [0.05, 0.1) is 6.20 Å². The van der Waals surface area contributed by atoms with Crippen molar-refractivity contribution in [1.29, 1.82) is 0 Å². The number of H-pyrrole nitrogens is 1. The van der Waals surface area contributed by atoms with Crippen LogP contribution in [-0.2, 0) is 19.5 Å². The summed E-state index contributed by atoms with van der Waals surface area (Å²) >= 11 is 0. The lowest BCUT2D eigenvalue weighted by atomic mass is 10.1. The molecule has 0 aliphatic carbocycles. The van der Waals surface area contributed by atoms with Gasteiger partial charge in [-0.25, -0.2) is 0 Å². The van der Waals surface area contributed by atoms with Crippen LogP contribution < -0.4 is 10.9 Å². The molecule has 0 fully saturated rings. The Labute approximate surface area is 161 Å². The Morgan fingerprint density at radius 2 is 2.14 bits per heavy atom. The highest BCUT2D eigenvalue weighted by Crippen LogP contribution is 2.18. The van der Waals surface area contributed by atoms with Crippen molar-refractivity contribution in [3.05, 3.63) is 87.8 Å². The molecule has 3 heterocycles. The van der Waals surface area contributed by atoms with Crippen LogP contribution in [0.4, 0.5) is 0 Å². The van der Waals surface area contributed by atoms with E-state index in [1.165, 1.54) is 12.5 Å².